The minimum Gasteiger partial charge on any atom is -0.352 e. The lowest BCUT2D eigenvalue weighted by Gasteiger charge is -2.32. The molecule has 0 saturated heterocycles. The number of hydrogen-bond donors (Lipinski definition) is 1. The summed E-state index contributed by atoms with van der Waals surface area (Å²) in [4.78, 5) is 28.5. The zero-order valence-electron chi connectivity index (χ0n) is 22.2. The number of hydrogen-bond acceptors (Lipinski definition) is 4. The normalized spacial score (nSPS) is 14.5. The van der Waals surface area contributed by atoms with Gasteiger partial charge < -0.3 is 10.2 Å². The molecule has 1 aliphatic carbocycles. The van der Waals surface area contributed by atoms with Gasteiger partial charge in [0.15, 0.2) is 0 Å². The van der Waals surface area contributed by atoms with Crippen molar-refractivity contribution in [2.45, 2.75) is 63.1 Å². The van der Waals surface area contributed by atoms with Crippen LogP contribution in [-0.4, -0.2) is 43.8 Å². The zero-order chi connectivity index (χ0) is 28.0. The van der Waals surface area contributed by atoms with Crippen LogP contribution in [0.15, 0.2) is 83.8 Å². The van der Waals surface area contributed by atoms with Gasteiger partial charge in [0.05, 0.1) is 10.6 Å². The molecule has 2 amide bonds. The van der Waals surface area contributed by atoms with E-state index in [1.165, 1.54) is 17.0 Å². The third-order valence-corrected chi connectivity index (χ3v) is 8.98. The maximum atomic E-state index is 13.9. The number of rotatable bonds is 10. The van der Waals surface area contributed by atoms with Gasteiger partial charge in [-0.2, -0.15) is 0 Å². The molecular weight excluding hydrogens is 517 g/mol. The van der Waals surface area contributed by atoms with Gasteiger partial charge in [-0.25, -0.2) is 12.8 Å². The van der Waals surface area contributed by atoms with Crippen molar-refractivity contribution in [3.8, 4) is 0 Å². The van der Waals surface area contributed by atoms with Gasteiger partial charge >= 0.3 is 0 Å². The first-order chi connectivity index (χ1) is 18.7. The monoisotopic (exact) mass is 551 g/mol. The summed E-state index contributed by atoms with van der Waals surface area (Å²) in [6.45, 7) is 3.21. The van der Waals surface area contributed by atoms with E-state index in [1.807, 2.05) is 31.2 Å². The number of carbonyl (C=O) groups excluding carboxylic acids is 2. The predicted octanol–water partition coefficient (Wildman–Crippen LogP) is 4.81. The van der Waals surface area contributed by atoms with Gasteiger partial charge in [0, 0.05) is 12.6 Å². The molecule has 1 fully saturated rings. The van der Waals surface area contributed by atoms with Crippen LogP contribution in [0, 0.1) is 12.7 Å². The van der Waals surface area contributed by atoms with Crippen molar-refractivity contribution in [3.05, 3.63) is 95.8 Å². The Morgan fingerprint density at radius 1 is 0.949 bits per heavy atom. The van der Waals surface area contributed by atoms with E-state index in [-0.39, 0.29) is 29.1 Å². The van der Waals surface area contributed by atoms with Gasteiger partial charge in [-0.1, -0.05) is 55.3 Å². The molecule has 0 aromatic heterocycles. The molecule has 206 valence electrons. The third-order valence-electron chi connectivity index (χ3n) is 7.20. The Labute approximate surface area is 229 Å². The van der Waals surface area contributed by atoms with Gasteiger partial charge in [0.1, 0.15) is 18.4 Å². The maximum absolute atomic E-state index is 13.9. The van der Waals surface area contributed by atoms with Crippen LogP contribution in [-0.2, 0) is 26.2 Å². The summed E-state index contributed by atoms with van der Waals surface area (Å²) in [5.41, 5.74) is 2.10. The maximum Gasteiger partial charge on any atom is 0.264 e. The van der Waals surface area contributed by atoms with Crippen molar-refractivity contribution in [3.63, 3.8) is 0 Å². The van der Waals surface area contributed by atoms with E-state index in [2.05, 4.69) is 5.32 Å². The quantitative estimate of drug-likeness (QED) is 0.392. The first kappa shape index (κ1) is 28.3. The van der Waals surface area contributed by atoms with Crippen LogP contribution in [0.2, 0.25) is 0 Å². The van der Waals surface area contributed by atoms with E-state index >= 15 is 0 Å². The Balaban J connectivity index is 1.67. The average molecular weight is 552 g/mol. The molecule has 3 aromatic rings. The van der Waals surface area contributed by atoms with Crippen LogP contribution < -0.4 is 9.62 Å². The third kappa shape index (κ3) is 6.84. The minimum atomic E-state index is -4.23. The molecule has 3 aromatic carbocycles. The highest BCUT2D eigenvalue weighted by Gasteiger charge is 2.33. The fraction of sp³-hybridized carbons (Fsp3) is 0.333. The number of sulfonamides is 1. The highest BCUT2D eigenvalue weighted by atomic mass is 32.2. The number of carbonyl (C=O) groups is 2. The first-order valence-electron chi connectivity index (χ1n) is 13.1. The number of nitrogens with zero attached hydrogens (tertiary/aromatic N) is 2. The lowest BCUT2D eigenvalue weighted by Crippen LogP contribution is -2.52. The summed E-state index contributed by atoms with van der Waals surface area (Å²) in [6, 6.07) is 19.6. The van der Waals surface area contributed by atoms with Crippen LogP contribution in [0.1, 0.15) is 43.7 Å². The van der Waals surface area contributed by atoms with Gasteiger partial charge in [-0.15, -0.1) is 0 Å². The topological polar surface area (TPSA) is 86.8 Å². The van der Waals surface area contributed by atoms with Crippen molar-refractivity contribution in [2.75, 3.05) is 10.8 Å². The molecule has 1 aliphatic rings. The summed E-state index contributed by atoms with van der Waals surface area (Å²) in [6.07, 6.45) is 3.92. The van der Waals surface area contributed by atoms with Crippen molar-refractivity contribution in [1.29, 1.82) is 0 Å². The molecule has 0 bridgehead atoms. The summed E-state index contributed by atoms with van der Waals surface area (Å²) >= 11 is 0. The van der Waals surface area contributed by atoms with Crippen molar-refractivity contribution >= 4 is 27.5 Å². The predicted molar refractivity (Wildman–Crippen MR) is 149 cm³/mol. The first-order valence-corrected chi connectivity index (χ1v) is 14.6. The van der Waals surface area contributed by atoms with Crippen LogP contribution in [0.4, 0.5) is 10.1 Å². The van der Waals surface area contributed by atoms with Gasteiger partial charge in [0.25, 0.3) is 10.0 Å². The van der Waals surface area contributed by atoms with E-state index in [9.17, 15) is 22.4 Å². The average Bonchev–Trinajstić information content (AvgIpc) is 3.44. The molecular formula is C30H34FN3O4S. The van der Waals surface area contributed by atoms with Crippen LogP contribution in [0.5, 0.6) is 0 Å². The SMILES string of the molecule is Cc1ccccc1CN(C(=O)CN(c1ccccc1)S(=O)(=O)c1ccc(F)cc1)[C@@H](C)C(=O)NC1CCCC1. The van der Waals surface area contributed by atoms with Crippen molar-refractivity contribution in [1.82, 2.24) is 10.2 Å². The molecule has 1 saturated carbocycles. The summed E-state index contributed by atoms with van der Waals surface area (Å²) in [5, 5.41) is 3.06. The molecule has 0 spiro atoms. The number of anilines is 1. The van der Waals surface area contributed by atoms with Gasteiger partial charge in [-0.05, 0) is 74.2 Å². The zero-order valence-corrected chi connectivity index (χ0v) is 23.0. The molecule has 9 heteroatoms. The Hall–Kier alpha value is -3.72. The van der Waals surface area contributed by atoms with Crippen molar-refractivity contribution < 1.29 is 22.4 Å². The van der Waals surface area contributed by atoms with Crippen LogP contribution in [0.25, 0.3) is 0 Å². The van der Waals surface area contributed by atoms with E-state index in [0.717, 1.165) is 53.2 Å². The number of para-hydroxylation sites is 1. The standard InChI is InChI=1S/C30H34FN3O4S/c1-22-10-6-7-11-24(22)20-33(23(2)30(36)32-26-12-8-9-13-26)29(35)21-34(27-14-4-3-5-15-27)39(37,38)28-18-16-25(31)17-19-28/h3-7,10-11,14-19,23,26H,8-9,12-13,20-21H2,1-2H3,(H,32,36)/t23-/m0/s1. The number of aryl methyl sites for hydroxylation is 1. The largest absolute Gasteiger partial charge is 0.352 e. The smallest absolute Gasteiger partial charge is 0.264 e. The van der Waals surface area contributed by atoms with Gasteiger partial charge in [0.2, 0.25) is 11.8 Å². The summed E-state index contributed by atoms with van der Waals surface area (Å²) in [5.74, 6) is -1.36. The second-order valence-electron chi connectivity index (χ2n) is 9.92. The molecule has 1 N–H and O–H groups in total. The molecule has 0 unspecified atom stereocenters. The molecule has 39 heavy (non-hydrogen) atoms. The Kier molecular flexibility index (Phi) is 9.01. The molecule has 0 heterocycles. The van der Waals surface area contributed by atoms with Crippen molar-refractivity contribution in [2.24, 2.45) is 0 Å². The lowest BCUT2D eigenvalue weighted by molar-refractivity contribution is -0.139. The van der Waals surface area contributed by atoms with Crippen LogP contribution >= 0.6 is 0 Å². The number of benzene rings is 3. The minimum absolute atomic E-state index is 0.0787. The molecule has 7 nitrogen and oxygen atoms in total. The second-order valence-corrected chi connectivity index (χ2v) is 11.8. The highest BCUT2D eigenvalue weighted by molar-refractivity contribution is 7.92. The van der Waals surface area contributed by atoms with Gasteiger partial charge in [-0.3, -0.25) is 13.9 Å². The summed E-state index contributed by atoms with van der Waals surface area (Å²) < 4.78 is 42.0. The van der Waals surface area contributed by atoms with E-state index < -0.39 is 34.3 Å². The Morgan fingerprint density at radius 2 is 1.56 bits per heavy atom. The van der Waals surface area contributed by atoms with E-state index in [0.29, 0.717) is 0 Å². The van der Waals surface area contributed by atoms with Crippen LogP contribution in [0.3, 0.4) is 0 Å². The highest BCUT2D eigenvalue weighted by Crippen LogP contribution is 2.25. The van der Waals surface area contributed by atoms with E-state index in [1.54, 1.807) is 37.3 Å². The number of nitrogens with one attached hydrogen (secondary N) is 1. The fourth-order valence-corrected chi connectivity index (χ4v) is 6.22. The Morgan fingerprint density at radius 3 is 2.21 bits per heavy atom. The fourth-order valence-electron chi connectivity index (χ4n) is 4.80. The Bertz CT molecular complexity index is 1390. The number of halogens is 1. The summed E-state index contributed by atoms with van der Waals surface area (Å²) in [7, 11) is -4.23. The lowest BCUT2D eigenvalue weighted by atomic mass is 10.1. The second kappa shape index (κ2) is 12.4. The molecule has 1 atom stereocenters. The number of amides is 2. The van der Waals surface area contributed by atoms with E-state index in [4.69, 9.17) is 0 Å². The molecule has 4 rings (SSSR count). The molecule has 0 radical (unpaired) electrons. The molecule has 0 aliphatic heterocycles.